The van der Waals surface area contributed by atoms with E-state index in [2.05, 4.69) is 5.32 Å². The van der Waals surface area contributed by atoms with Crippen LogP contribution in [0.5, 0.6) is 11.5 Å². The molecule has 1 aromatic heterocycles. The van der Waals surface area contributed by atoms with Crippen LogP contribution in [-0.4, -0.2) is 24.7 Å². The zero-order valence-corrected chi connectivity index (χ0v) is 15.4. The van der Waals surface area contributed by atoms with Crippen LogP contribution in [0.25, 0.3) is 10.9 Å². The Bertz CT molecular complexity index is 928. The van der Waals surface area contributed by atoms with Gasteiger partial charge in [0.2, 0.25) is 0 Å². The lowest BCUT2D eigenvalue weighted by molar-refractivity contribution is 0.101. The van der Waals surface area contributed by atoms with Crippen LogP contribution in [0.3, 0.4) is 0 Å². The maximum absolute atomic E-state index is 12.8. The minimum atomic E-state index is -0.355. The third-order valence-corrected chi connectivity index (χ3v) is 4.66. The Morgan fingerprint density at radius 1 is 1.08 bits per heavy atom. The number of rotatable bonds is 4. The Hall–Kier alpha value is -2.37. The second kappa shape index (κ2) is 6.86. The van der Waals surface area contributed by atoms with Crippen molar-refractivity contribution < 1.29 is 14.3 Å². The molecule has 5 nitrogen and oxygen atoms in total. The molecule has 0 fully saturated rings. The fraction of sp³-hybridized carbons (Fsp3) is 0.167. The highest BCUT2D eigenvalue weighted by atomic mass is 35.5. The SMILES string of the molecule is COc1cc(NC(=O)c2c(Cl)c3ccccc3n2C)c(OC)cc1Cl. The number of amides is 1. The van der Waals surface area contributed by atoms with E-state index in [1.54, 1.807) is 23.7 Å². The molecule has 130 valence electrons. The van der Waals surface area contributed by atoms with Gasteiger partial charge in [0.1, 0.15) is 17.2 Å². The first kappa shape index (κ1) is 17.5. The zero-order valence-electron chi connectivity index (χ0n) is 13.9. The van der Waals surface area contributed by atoms with Crippen molar-refractivity contribution in [1.29, 1.82) is 0 Å². The van der Waals surface area contributed by atoms with Crippen molar-refractivity contribution in [3.63, 3.8) is 0 Å². The third-order valence-electron chi connectivity index (χ3n) is 3.98. The molecule has 0 unspecified atom stereocenters. The van der Waals surface area contributed by atoms with Crippen LogP contribution in [0, 0.1) is 0 Å². The van der Waals surface area contributed by atoms with Crippen molar-refractivity contribution in [1.82, 2.24) is 4.57 Å². The highest BCUT2D eigenvalue weighted by molar-refractivity contribution is 6.39. The van der Waals surface area contributed by atoms with Gasteiger partial charge in [0.15, 0.2) is 0 Å². The van der Waals surface area contributed by atoms with E-state index in [1.807, 2.05) is 24.3 Å². The van der Waals surface area contributed by atoms with Crippen LogP contribution in [0.4, 0.5) is 5.69 Å². The van der Waals surface area contributed by atoms with E-state index in [0.29, 0.717) is 32.9 Å². The first-order valence-corrected chi connectivity index (χ1v) is 8.19. The van der Waals surface area contributed by atoms with Gasteiger partial charge in [0, 0.05) is 30.1 Å². The fourth-order valence-electron chi connectivity index (χ4n) is 2.74. The fourth-order valence-corrected chi connectivity index (χ4v) is 3.34. The van der Waals surface area contributed by atoms with Gasteiger partial charge in [-0.3, -0.25) is 4.79 Å². The number of carbonyl (C=O) groups excluding carboxylic acids is 1. The van der Waals surface area contributed by atoms with E-state index in [-0.39, 0.29) is 5.91 Å². The van der Waals surface area contributed by atoms with Crippen LogP contribution in [-0.2, 0) is 7.05 Å². The second-order valence-electron chi connectivity index (χ2n) is 5.38. The van der Waals surface area contributed by atoms with Gasteiger partial charge in [-0.15, -0.1) is 0 Å². The van der Waals surface area contributed by atoms with Crippen LogP contribution >= 0.6 is 23.2 Å². The van der Waals surface area contributed by atoms with Crippen molar-refractivity contribution in [2.24, 2.45) is 7.05 Å². The summed E-state index contributed by atoms with van der Waals surface area (Å²) in [5.74, 6) is 0.501. The second-order valence-corrected chi connectivity index (χ2v) is 6.17. The van der Waals surface area contributed by atoms with E-state index in [1.165, 1.54) is 14.2 Å². The van der Waals surface area contributed by atoms with Crippen LogP contribution in [0.15, 0.2) is 36.4 Å². The topological polar surface area (TPSA) is 52.5 Å². The molecule has 0 radical (unpaired) electrons. The van der Waals surface area contributed by atoms with E-state index in [9.17, 15) is 4.79 Å². The van der Waals surface area contributed by atoms with Crippen LogP contribution < -0.4 is 14.8 Å². The number of methoxy groups -OCH3 is 2. The third kappa shape index (κ3) is 3.01. The van der Waals surface area contributed by atoms with Gasteiger partial charge < -0.3 is 19.4 Å². The predicted molar refractivity (Wildman–Crippen MR) is 100 cm³/mol. The number of aryl methyl sites for hydroxylation is 1. The molecular weight excluding hydrogens is 363 g/mol. The number of carbonyl (C=O) groups is 1. The first-order chi connectivity index (χ1) is 12.0. The first-order valence-electron chi connectivity index (χ1n) is 7.43. The van der Waals surface area contributed by atoms with E-state index < -0.39 is 0 Å². The van der Waals surface area contributed by atoms with Gasteiger partial charge in [0.05, 0.1) is 30.0 Å². The molecule has 0 bridgehead atoms. The van der Waals surface area contributed by atoms with Crippen molar-refractivity contribution >= 4 is 45.7 Å². The lowest BCUT2D eigenvalue weighted by Gasteiger charge is -2.13. The molecule has 0 atom stereocenters. The highest BCUT2D eigenvalue weighted by Crippen LogP contribution is 2.37. The molecule has 0 aliphatic heterocycles. The van der Waals surface area contributed by atoms with Crippen LogP contribution in [0.1, 0.15) is 10.5 Å². The Kier molecular flexibility index (Phi) is 4.79. The zero-order chi connectivity index (χ0) is 18.1. The number of nitrogens with zero attached hydrogens (tertiary/aromatic N) is 1. The number of anilines is 1. The average molecular weight is 379 g/mol. The van der Waals surface area contributed by atoms with E-state index >= 15 is 0 Å². The number of hydrogen-bond donors (Lipinski definition) is 1. The number of halogens is 2. The molecule has 0 spiro atoms. The van der Waals surface area contributed by atoms with Gasteiger partial charge in [-0.1, -0.05) is 41.4 Å². The molecule has 0 aliphatic rings. The lowest BCUT2D eigenvalue weighted by atomic mass is 10.2. The molecule has 2 aromatic carbocycles. The van der Waals surface area contributed by atoms with Gasteiger partial charge >= 0.3 is 0 Å². The Balaban J connectivity index is 2.04. The summed E-state index contributed by atoms with van der Waals surface area (Å²) in [5, 5.41) is 4.42. The molecule has 0 aliphatic carbocycles. The lowest BCUT2D eigenvalue weighted by Crippen LogP contribution is -2.16. The summed E-state index contributed by atoms with van der Waals surface area (Å²) in [6, 6.07) is 10.7. The minimum absolute atomic E-state index is 0.355. The van der Waals surface area contributed by atoms with Gasteiger partial charge in [-0.2, -0.15) is 0 Å². The summed E-state index contributed by atoms with van der Waals surface area (Å²) in [7, 11) is 4.79. The molecule has 1 heterocycles. The Morgan fingerprint density at radius 2 is 1.76 bits per heavy atom. The molecule has 3 aromatic rings. The number of benzene rings is 2. The Morgan fingerprint density at radius 3 is 2.40 bits per heavy atom. The maximum Gasteiger partial charge on any atom is 0.273 e. The quantitative estimate of drug-likeness (QED) is 0.712. The molecule has 3 rings (SSSR count). The normalized spacial score (nSPS) is 10.8. The van der Waals surface area contributed by atoms with Crippen LogP contribution in [0.2, 0.25) is 10.0 Å². The summed E-state index contributed by atoms with van der Waals surface area (Å²) < 4.78 is 12.2. The van der Waals surface area contributed by atoms with E-state index in [0.717, 1.165) is 10.9 Å². The van der Waals surface area contributed by atoms with Crippen molar-refractivity contribution in [2.45, 2.75) is 0 Å². The molecule has 7 heteroatoms. The highest BCUT2D eigenvalue weighted by Gasteiger charge is 2.21. The number of nitrogens with one attached hydrogen (secondary N) is 1. The average Bonchev–Trinajstić information content (AvgIpc) is 2.87. The molecule has 25 heavy (non-hydrogen) atoms. The molecule has 1 N–H and O–H groups in total. The number of ether oxygens (including phenoxy) is 2. The monoisotopic (exact) mass is 378 g/mol. The standard InChI is InChI=1S/C18H16Cl2N2O3/c1-22-13-7-5-4-6-10(13)16(20)17(22)18(23)21-12-9-14(24-2)11(19)8-15(12)25-3/h4-9H,1-3H3,(H,21,23). The molecule has 0 saturated carbocycles. The van der Waals surface area contributed by atoms with Crippen molar-refractivity contribution in [3.8, 4) is 11.5 Å². The molecule has 1 amide bonds. The van der Waals surface area contributed by atoms with Crippen molar-refractivity contribution in [3.05, 3.63) is 52.1 Å². The summed E-state index contributed by atoms with van der Waals surface area (Å²) in [6.45, 7) is 0. The number of fused-ring (bicyclic) bond motifs is 1. The minimum Gasteiger partial charge on any atom is -0.495 e. The predicted octanol–water partition coefficient (Wildman–Crippen LogP) is 4.75. The van der Waals surface area contributed by atoms with Gasteiger partial charge in [-0.25, -0.2) is 0 Å². The summed E-state index contributed by atoms with van der Waals surface area (Å²) in [6.07, 6.45) is 0. The number of hydrogen-bond acceptors (Lipinski definition) is 3. The van der Waals surface area contributed by atoms with Gasteiger partial charge in [-0.05, 0) is 6.07 Å². The largest absolute Gasteiger partial charge is 0.495 e. The number of para-hydroxylation sites is 1. The summed E-state index contributed by atoms with van der Waals surface area (Å²) in [5.41, 5.74) is 1.67. The number of aromatic nitrogens is 1. The molecule has 0 saturated heterocycles. The smallest absolute Gasteiger partial charge is 0.273 e. The Labute approximate surface area is 155 Å². The maximum atomic E-state index is 12.8. The summed E-state index contributed by atoms with van der Waals surface area (Å²) >= 11 is 12.5. The molecular formula is C18H16Cl2N2O3. The summed E-state index contributed by atoms with van der Waals surface area (Å²) in [4.78, 5) is 12.8. The van der Waals surface area contributed by atoms with Crippen molar-refractivity contribution in [2.75, 3.05) is 19.5 Å². The van der Waals surface area contributed by atoms with E-state index in [4.69, 9.17) is 32.7 Å². The van der Waals surface area contributed by atoms with Gasteiger partial charge in [0.25, 0.3) is 5.91 Å².